The maximum absolute atomic E-state index is 12.6. The summed E-state index contributed by atoms with van der Waals surface area (Å²) in [5.41, 5.74) is 7.60. The summed E-state index contributed by atoms with van der Waals surface area (Å²) in [4.78, 5) is 12.6. The Morgan fingerprint density at radius 1 is 1.20 bits per heavy atom. The Balaban J connectivity index is 2.08. The molecule has 0 saturated carbocycles. The Labute approximate surface area is 120 Å². The Hall–Kier alpha value is -2.33. The summed E-state index contributed by atoms with van der Waals surface area (Å²) in [6, 6.07) is 13.0. The van der Waals surface area contributed by atoms with Gasteiger partial charge in [-0.1, -0.05) is 18.2 Å². The molecule has 4 heteroatoms. The zero-order valence-electron chi connectivity index (χ0n) is 10.9. The second-order valence-electron chi connectivity index (χ2n) is 4.43. The summed E-state index contributed by atoms with van der Waals surface area (Å²) in [7, 11) is 1.54. The number of nitrogen functional groups attached to an aromatic ring is 1. The molecule has 0 amide bonds. The number of rotatable bonds is 3. The van der Waals surface area contributed by atoms with Crippen LogP contribution in [0.15, 0.2) is 47.8 Å². The van der Waals surface area contributed by atoms with Gasteiger partial charge in [0.25, 0.3) is 0 Å². The maximum Gasteiger partial charge on any atom is 0.194 e. The minimum absolute atomic E-state index is 0.0132. The van der Waals surface area contributed by atoms with Crippen molar-refractivity contribution in [1.82, 2.24) is 0 Å². The standard InChI is InChI=1S/C16H13NO2S/c1-19-14-8-10(6-7-13(14)17)16(18)12-9-20-15-5-3-2-4-11(12)15/h2-9H,17H2,1H3. The normalized spacial score (nSPS) is 10.7. The van der Waals surface area contributed by atoms with E-state index in [1.807, 2.05) is 29.6 Å². The molecule has 0 saturated heterocycles. The van der Waals surface area contributed by atoms with Crippen LogP contribution in [0.1, 0.15) is 15.9 Å². The number of carbonyl (C=O) groups excluding carboxylic acids is 1. The van der Waals surface area contributed by atoms with Crippen LogP contribution in [0.25, 0.3) is 10.1 Å². The van der Waals surface area contributed by atoms with Crippen LogP contribution in [0.5, 0.6) is 5.75 Å². The number of thiophene rings is 1. The SMILES string of the molecule is COc1cc(C(=O)c2csc3ccccc23)ccc1N. The van der Waals surface area contributed by atoms with Crippen molar-refractivity contribution in [3.05, 3.63) is 59.0 Å². The molecule has 3 nitrogen and oxygen atoms in total. The fourth-order valence-corrected chi connectivity index (χ4v) is 3.10. The van der Waals surface area contributed by atoms with Crippen molar-refractivity contribution >= 4 is 32.9 Å². The van der Waals surface area contributed by atoms with Crippen LogP contribution >= 0.6 is 11.3 Å². The van der Waals surface area contributed by atoms with Gasteiger partial charge in [0.15, 0.2) is 5.78 Å². The van der Waals surface area contributed by atoms with Crippen molar-refractivity contribution in [3.8, 4) is 5.75 Å². The Kier molecular flexibility index (Phi) is 3.16. The van der Waals surface area contributed by atoms with Crippen LogP contribution < -0.4 is 10.5 Å². The lowest BCUT2D eigenvalue weighted by molar-refractivity contribution is 0.104. The summed E-state index contributed by atoms with van der Waals surface area (Å²) < 4.78 is 6.28. The average molecular weight is 283 g/mol. The Bertz CT molecular complexity index is 792. The molecule has 0 aliphatic carbocycles. The van der Waals surface area contributed by atoms with Gasteiger partial charge in [0, 0.05) is 26.6 Å². The van der Waals surface area contributed by atoms with Crippen molar-refractivity contribution < 1.29 is 9.53 Å². The topological polar surface area (TPSA) is 52.3 Å². The highest BCUT2D eigenvalue weighted by Gasteiger charge is 2.15. The number of ketones is 1. The second-order valence-corrected chi connectivity index (χ2v) is 5.34. The lowest BCUT2D eigenvalue weighted by Gasteiger charge is -2.06. The molecule has 0 radical (unpaired) electrons. The van der Waals surface area contributed by atoms with E-state index in [-0.39, 0.29) is 5.78 Å². The van der Waals surface area contributed by atoms with Gasteiger partial charge in [0.1, 0.15) is 5.75 Å². The lowest BCUT2D eigenvalue weighted by atomic mass is 10.0. The van der Waals surface area contributed by atoms with Gasteiger partial charge in [0.05, 0.1) is 12.8 Å². The van der Waals surface area contributed by atoms with E-state index in [9.17, 15) is 4.79 Å². The van der Waals surface area contributed by atoms with E-state index in [2.05, 4.69) is 0 Å². The quantitative estimate of drug-likeness (QED) is 0.588. The largest absolute Gasteiger partial charge is 0.495 e. The van der Waals surface area contributed by atoms with Crippen molar-refractivity contribution in [2.24, 2.45) is 0 Å². The summed E-state index contributed by atoms with van der Waals surface area (Å²) in [5.74, 6) is 0.510. The molecule has 3 aromatic rings. The van der Waals surface area contributed by atoms with E-state index in [0.717, 1.165) is 15.6 Å². The third kappa shape index (κ3) is 2.04. The number of hydrogen-bond donors (Lipinski definition) is 1. The first kappa shape index (κ1) is 12.7. The fraction of sp³-hybridized carbons (Fsp3) is 0.0625. The van der Waals surface area contributed by atoms with Gasteiger partial charge in [-0.3, -0.25) is 4.79 Å². The van der Waals surface area contributed by atoms with Crippen molar-refractivity contribution in [2.45, 2.75) is 0 Å². The highest BCUT2D eigenvalue weighted by atomic mass is 32.1. The minimum Gasteiger partial charge on any atom is -0.495 e. The third-order valence-corrected chi connectivity index (χ3v) is 4.18. The van der Waals surface area contributed by atoms with Crippen molar-refractivity contribution in [2.75, 3.05) is 12.8 Å². The first-order valence-electron chi connectivity index (χ1n) is 6.15. The highest BCUT2D eigenvalue weighted by molar-refractivity contribution is 7.17. The molecule has 2 aromatic carbocycles. The molecule has 3 rings (SSSR count). The van der Waals surface area contributed by atoms with E-state index in [1.165, 1.54) is 0 Å². The summed E-state index contributed by atoms with van der Waals surface area (Å²) in [6.07, 6.45) is 0. The monoisotopic (exact) mass is 283 g/mol. The number of methoxy groups -OCH3 is 1. The number of fused-ring (bicyclic) bond motifs is 1. The molecule has 1 aromatic heterocycles. The van der Waals surface area contributed by atoms with Crippen LogP contribution in [0.3, 0.4) is 0 Å². The molecule has 0 atom stereocenters. The Morgan fingerprint density at radius 2 is 2.00 bits per heavy atom. The van der Waals surface area contributed by atoms with Crippen LogP contribution in [-0.2, 0) is 0 Å². The Morgan fingerprint density at radius 3 is 2.80 bits per heavy atom. The summed E-state index contributed by atoms with van der Waals surface area (Å²) in [6.45, 7) is 0. The van der Waals surface area contributed by atoms with Gasteiger partial charge in [0.2, 0.25) is 0 Å². The number of nitrogens with two attached hydrogens (primary N) is 1. The van der Waals surface area contributed by atoms with Crippen LogP contribution in [0, 0.1) is 0 Å². The predicted octanol–water partition coefficient (Wildman–Crippen LogP) is 3.72. The lowest BCUT2D eigenvalue weighted by Crippen LogP contribution is -2.02. The number of anilines is 1. The number of ether oxygens (including phenoxy) is 1. The molecule has 0 bridgehead atoms. The molecule has 0 spiro atoms. The first-order chi connectivity index (χ1) is 9.70. The van der Waals surface area contributed by atoms with Crippen LogP contribution in [0.4, 0.5) is 5.69 Å². The van der Waals surface area contributed by atoms with Gasteiger partial charge in [-0.15, -0.1) is 11.3 Å². The minimum atomic E-state index is -0.0132. The average Bonchev–Trinajstić information content (AvgIpc) is 2.91. The number of carbonyl (C=O) groups is 1. The molecule has 0 unspecified atom stereocenters. The van der Waals surface area contributed by atoms with E-state index in [0.29, 0.717) is 17.0 Å². The molecular weight excluding hydrogens is 270 g/mol. The van der Waals surface area contributed by atoms with Gasteiger partial charge >= 0.3 is 0 Å². The zero-order valence-corrected chi connectivity index (χ0v) is 11.7. The third-order valence-electron chi connectivity index (χ3n) is 3.22. The molecule has 0 aliphatic rings. The predicted molar refractivity (Wildman–Crippen MR) is 82.7 cm³/mol. The fourth-order valence-electron chi connectivity index (χ4n) is 2.16. The molecule has 1 heterocycles. The highest BCUT2D eigenvalue weighted by Crippen LogP contribution is 2.29. The van der Waals surface area contributed by atoms with Crippen LogP contribution in [0.2, 0.25) is 0 Å². The smallest absolute Gasteiger partial charge is 0.194 e. The summed E-state index contributed by atoms with van der Waals surface area (Å²) in [5, 5.41) is 2.88. The first-order valence-corrected chi connectivity index (χ1v) is 7.03. The zero-order chi connectivity index (χ0) is 14.1. The molecule has 0 aliphatic heterocycles. The summed E-state index contributed by atoms with van der Waals surface area (Å²) >= 11 is 1.57. The van der Waals surface area contributed by atoms with E-state index in [4.69, 9.17) is 10.5 Å². The molecule has 2 N–H and O–H groups in total. The molecule has 100 valence electrons. The van der Waals surface area contributed by atoms with Gasteiger partial charge < -0.3 is 10.5 Å². The van der Waals surface area contributed by atoms with Crippen molar-refractivity contribution in [3.63, 3.8) is 0 Å². The van der Waals surface area contributed by atoms with Crippen molar-refractivity contribution in [1.29, 1.82) is 0 Å². The van der Waals surface area contributed by atoms with Gasteiger partial charge in [-0.05, 0) is 24.3 Å². The van der Waals surface area contributed by atoms with E-state index >= 15 is 0 Å². The number of hydrogen-bond acceptors (Lipinski definition) is 4. The molecule has 20 heavy (non-hydrogen) atoms. The maximum atomic E-state index is 12.6. The van der Waals surface area contributed by atoms with E-state index in [1.54, 1.807) is 36.6 Å². The van der Waals surface area contributed by atoms with Gasteiger partial charge in [-0.25, -0.2) is 0 Å². The van der Waals surface area contributed by atoms with Crippen LogP contribution in [-0.4, -0.2) is 12.9 Å². The molecule has 0 fully saturated rings. The number of benzene rings is 2. The second kappa shape index (κ2) is 4.98. The van der Waals surface area contributed by atoms with E-state index < -0.39 is 0 Å². The van der Waals surface area contributed by atoms with Gasteiger partial charge in [-0.2, -0.15) is 0 Å². The molecular formula is C16H13NO2S.